The van der Waals surface area contributed by atoms with Crippen LogP contribution in [0.1, 0.15) is 13.8 Å². The second-order valence-electron chi connectivity index (χ2n) is 4.39. The maximum Gasteiger partial charge on any atom is 0.323 e. The first-order valence-electron chi connectivity index (χ1n) is 5.58. The zero-order chi connectivity index (χ0) is 13.1. The number of rotatable bonds is 5. The van der Waals surface area contributed by atoms with Gasteiger partial charge >= 0.3 is 5.97 Å². The predicted molar refractivity (Wildman–Crippen MR) is 63.3 cm³/mol. The Balaban J connectivity index is 2.30. The molecule has 0 aliphatic rings. The summed E-state index contributed by atoms with van der Waals surface area (Å²) in [5.74, 6) is -0.0177. The van der Waals surface area contributed by atoms with Crippen LogP contribution >= 0.6 is 0 Å². The lowest BCUT2D eigenvalue weighted by atomic mass is 10.2. The third kappa shape index (κ3) is 2.70. The van der Waals surface area contributed by atoms with Crippen molar-refractivity contribution >= 4 is 17.4 Å². The Morgan fingerprint density at radius 3 is 2.94 bits per heavy atom. The van der Waals surface area contributed by atoms with Gasteiger partial charge in [0, 0.05) is 6.54 Å². The van der Waals surface area contributed by atoms with Gasteiger partial charge in [-0.25, -0.2) is 0 Å². The second-order valence-corrected chi connectivity index (χ2v) is 4.39. The summed E-state index contributed by atoms with van der Waals surface area (Å²) in [5, 5.41) is 24.0. The molecule has 2 heterocycles. The lowest BCUT2D eigenvalue weighted by Crippen LogP contribution is -2.34. The molecule has 18 heavy (non-hydrogen) atoms. The minimum Gasteiger partial charge on any atom is -0.480 e. The van der Waals surface area contributed by atoms with E-state index >= 15 is 0 Å². The fraction of sp³-hybridized carbons (Fsp3) is 0.500. The maximum absolute atomic E-state index is 10.9. The third-order valence-electron chi connectivity index (χ3n) is 2.29. The molecule has 0 aliphatic heterocycles. The maximum atomic E-state index is 10.9. The van der Waals surface area contributed by atoms with E-state index in [0.717, 1.165) is 0 Å². The number of fused-ring (bicyclic) bond motifs is 1. The highest BCUT2D eigenvalue weighted by Gasteiger charge is 2.14. The lowest BCUT2D eigenvalue weighted by Gasteiger charge is -2.23. The number of carboxylic acids is 1. The molecule has 0 atom stereocenters. The standard InChI is InChI=1S/C10H14N6O2/c1-7(2)5-15(6-10(17)18)9-4-3-8-11-13-14-16(8)12-9/h3-4,7H,5-6H2,1-2H3,(H,17,18). The molecule has 0 amide bonds. The predicted octanol–water partition coefficient (Wildman–Crippen LogP) is 0.0663. The SMILES string of the molecule is CC(C)CN(CC(=O)O)c1ccc2nnnn2n1. The van der Waals surface area contributed by atoms with Gasteiger partial charge in [-0.2, -0.15) is 0 Å². The van der Waals surface area contributed by atoms with Crippen LogP contribution in [0.3, 0.4) is 0 Å². The van der Waals surface area contributed by atoms with Crippen molar-refractivity contribution in [2.75, 3.05) is 18.0 Å². The highest BCUT2D eigenvalue weighted by atomic mass is 16.4. The molecule has 2 aromatic heterocycles. The molecular formula is C10H14N6O2. The molecule has 0 saturated carbocycles. The van der Waals surface area contributed by atoms with Crippen LogP contribution in [-0.4, -0.2) is 49.4 Å². The van der Waals surface area contributed by atoms with Crippen LogP contribution in [-0.2, 0) is 4.79 Å². The average molecular weight is 250 g/mol. The molecule has 0 aromatic carbocycles. The third-order valence-corrected chi connectivity index (χ3v) is 2.29. The summed E-state index contributed by atoms with van der Waals surface area (Å²) < 4.78 is 1.28. The van der Waals surface area contributed by atoms with Crippen LogP contribution in [0.15, 0.2) is 12.1 Å². The monoisotopic (exact) mass is 250 g/mol. The van der Waals surface area contributed by atoms with E-state index in [0.29, 0.717) is 23.9 Å². The van der Waals surface area contributed by atoms with Gasteiger partial charge in [-0.05, 0) is 28.5 Å². The first-order chi connectivity index (χ1) is 8.56. The minimum atomic E-state index is -0.894. The number of hydrogen-bond donors (Lipinski definition) is 1. The molecular weight excluding hydrogens is 236 g/mol. The summed E-state index contributed by atoms with van der Waals surface area (Å²) in [6.45, 7) is 4.54. The number of aromatic nitrogens is 5. The van der Waals surface area contributed by atoms with E-state index < -0.39 is 5.97 Å². The Morgan fingerprint density at radius 2 is 2.28 bits per heavy atom. The van der Waals surface area contributed by atoms with Crippen molar-refractivity contribution in [3.8, 4) is 0 Å². The minimum absolute atomic E-state index is 0.0984. The molecule has 0 aliphatic carbocycles. The zero-order valence-corrected chi connectivity index (χ0v) is 10.2. The number of nitrogens with zero attached hydrogens (tertiary/aromatic N) is 6. The summed E-state index contributed by atoms with van der Waals surface area (Å²) in [4.78, 5) is 12.6. The van der Waals surface area contributed by atoms with Crippen LogP contribution in [0.25, 0.3) is 5.65 Å². The molecule has 0 bridgehead atoms. The summed E-state index contributed by atoms with van der Waals surface area (Å²) in [7, 11) is 0. The van der Waals surface area contributed by atoms with Gasteiger partial charge in [0.15, 0.2) is 11.5 Å². The second kappa shape index (κ2) is 4.94. The Kier molecular flexibility index (Phi) is 3.35. The Bertz CT molecular complexity index is 552. The van der Waals surface area contributed by atoms with E-state index in [-0.39, 0.29) is 6.54 Å². The first kappa shape index (κ1) is 12.2. The number of carboxylic acid groups (broad SMARTS) is 1. The van der Waals surface area contributed by atoms with Crippen molar-refractivity contribution in [1.29, 1.82) is 0 Å². The fourth-order valence-electron chi connectivity index (χ4n) is 1.65. The van der Waals surface area contributed by atoms with E-state index in [9.17, 15) is 4.79 Å². The van der Waals surface area contributed by atoms with Gasteiger partial charge in [0.1, 0.15) is 6.54 Å². The molecule has 1 N–H and O–H groups in total. The lowest BCUT2D eigenvalue weighted by molar-refractivity contribution is -0.135. The van der Waals surface area contributed by atoms with Crippen LogP contribution in [0, 0.1) is 5.92 Å². The van der Waals surface area contributed by atoms with Gasteiger partial charge < -0.3 is 10.0 Å². The molecule has 8 nitrogen and oxygen atoms in total. The van der Waals surface area contributed by atoms with Gasteiger partial charge in [0.2, 0.25) is 0 Å². The molecule has 0 fully saturated rings. The van der Waals surface area contributed by atoms with E-state index in [1.807, 2.05) is 13.8 Å². The van der Waals surface area contributed by atoms with Crippen molar-refractivity contribution in [3.63, 3.8) is 0 Å². The van der Waals surface area contributed by atoms with Crippen LogP contribution in [0.5, 0.6) is 0 Å². The highest BCUT2D eigenvalue weighted by molar-refractivity contribution is 5.73. The van der Waals surface area contributed by atoms with Crippen molar-refractivity contribution in [2.45, 2.75) is 13.8 Å². The quantitative estimate of drug-likeness (QED) is 0.801. The summed E-state index contributed by atoms with van der Waals surface area (Å²) in [6.07, 6.45) is 0. The van der Waals surface area contributed by atoms with Gasteiger partial charge in [0.05, 0.1) is 0 Å². The van der Waals surface area contributed by atoms with Crippen LogP contribution < -0.4 is 4.90 Å². The Labute approximate surface area is 103 Å². The summed E-state index contributed by atoms with van der Waals surface area (Å²) >= 11 is 0. The largest absolute Gasteiger partial charge is 0.480 e. The topological polar surface area (TPSA) is 96.5 Å². The molecule has 0 spiro atoms. The fourth-order valence-corrected chi connectivity index (χ4v) is 1.65. The van der Waals surface area contributed by atoms with Crippen molar-refractivity contribution in [2.24, 2.45) is 5.92 Å². The van der Waals surface area contributed by atoms with Gasteiger partial charge in [-0.15, -0.1) is 14.8 Å². The molecule has 0 unspecified atom stereocenters. The summed E-state index contributed by atoms with van der Waals surface area (Å²) in [5.41, 5.74) is 0.526. The molecule has 8 heteroatoms. The number of tetrazole rings is 1. The highest BCUT2D eigenvalue weighted by Crippen LogP contribution is 2.12. The normalized spacial score (nSPS) is 11.1. The molecule has 2 aromatic rings. The number of anilines is 1. The number of carbonyl (C=O) groups is 1. The van der Waals surface area contributed by atoms with Crippen molar-refractivity contribution < 1.29 is 9.90 Å². The Hall–Kier alpha value is -2.25. The van der Waals surface area contributed by atoms with Crippen LogP contribution in [0.4, 0.5) is 5.82 Å². The first-order valence-corrected chi connectivity index (χ1v) is 5.58. The van der Waals surface area contributed by atoms with E-state index in [1.165, 1.54) is 4.63 Å². The Morgan fingerprint density at radius 1 is 1.50 bits per heavy atom. The van der Waals surface area contributed by atoms with Gasteiger partial charge in [-0.1, -0.05) is 13.8 Å². The van der Waals surface area contributed by atoms with Gasteiger partial charge in [0.25, 0.3) is 0 Å². The molecule has 2 rings (SSSR count). The number of hydrogen-bond acceptors (Lipinski definition) is 6. The average Bonchev–Trinajstić information content (AvgIpc) is 2.73. The molecule has 0 radical (unpaired) electrons. The van der Waals surface area contributed by atoms with Crippen LogP contribution in [0.2, 0.25) is 0 Å². The number of aliphatic carboxylic acids is 1. The van der Waals surface area contributed by atoms with E-state index in [1.54, 1.807) is 17.0 Å². The van der Waals surface area contributed by atoms with Crippen molar-refractivity contribution in [1.82, 2.24) is 25.3 Å². The summed E-state index contributed by atoms with van der Waals surface area (Å²) in [6, 6.07) is 3.43. The smallest absolute Gasteiger partial charge is 0.323 e. The molecule has 0 saturated heterocycles. The van der Waals surface area contributed by atoms with Gasteiger partial charge in [-0.3, -0.25) is 4.79 Å². The van der Waals surface area contributed by atoms with E-state index in [4.69, 9.17) is 5.11 Å². The zero-order valence-electron chi connectivity index (χ0n) is 10.2. The van der Waals surface area contributed by atoms with E-state index in [2.05, 4.69) is 20.6 Å². The van der Waals surface area contributed by atoms with Crippen molar-refractivity contribution in [3.05, 3.63) is 12.1 Å². The molecule has 96 valence electrons.